The Morgan fingerprint density at radius 1 is 0.939 bits per heavy atom. The number of carbonyl (C=O) groups excluding carboxylic acids is 1. The molecule has 11 N–H and O–H groups in total. The van der Waals surface area contributed by atoms with Crippen LogP contribution in [0.5, 0.6) is 0 Å². The minimum absolute atomic E-state index is 0. The Morgan fingerprint density at radius 3 is 2.20 bits per heavy atom. The number of phosphoric acid groups is 3. The van der Waals surface area contributed by atoms with Crippen LogP contribution in [0.3, 0.4) is 0 Å². The second kappa shape index (κ2) is 15.5. The number of primary amides is 1. The van der Waals surface area contributed by atoms with E-state index in [2.05, 4.69) is 28.3 Å². The van der Waals surface area contributed by atoms with E-state index in [-0.39, 0.29) is 58.5 Å². The van der Waals surface area contributed by atoms with Gasteiger partial charge in [-0.25, -0.2) is 28.6 Å². The molecule has 0 aliphatic carbocycles. The van der Waals surface area contributed by atoms with Crippen molar-refractivity contribution in [2.75, 3.05) is 18.9 Å². The maximum Gasteiger partial charge on any atom is 0.481 e. The van der Waals surface area contributed by atoms with Crippen molar-refractivity contribution in [1.29, 1.82) is 0 Å². The summed E-state index contributed by atoms with van der Waals surface area (Å²) >= 11 is 0. The number of aliphatic hydroxyl groups excluding tert-OH is 3. The van der Waals surface area contributed by atoms with Crippen molar-refractivity contribution in [3.05, 3.63) is 36.7 Å². The van der Waals surface area contributed by atoms with Crippen LogP contribution in [0.2, 0.25) is 0 Å². The van der Waals surface area contributed by atoms with Gasteiger partial charge >= 0.3 is 23.5 Å². The van der Waals surface area contributed by atoms with Gasteiger partial charge in [0.1, 0.15) is 48.5 Å². The van der Waals surface area contributed by atoms with Gasteiger partial charge in [-0.05, 0) is 6.42 Å². The topological polar surface area (TPSA) is 364 Å². The van der Waals surface area contributed by atoms with E-state index in [1.165, 1.54) is 23.4 Å². The van der Waals surface area contributed by atoms with Crippen LogP contribution in [-0.2, 0) is 45.8 Å². The Bertz CT molecular complexity index is 1740. The minimum Gasteiger partial charge on any atom is -0.387 e. The summed E-state index contributed by atoms with van der Waals surface area (Å²) < 4.78 is 67.2. The molecule has 0 saturated carbocycles. The average molecular weight is 768 g/mol. The molecule has 1 radical (unpaired) electrons. The monoisotopic (exact) mass is 768 g/mol. The Hall–Kier alpha value is -1.73. The molecule has 2 aromatic rings. The summed E-state index contributed by atoms with van der Waals surface area (Å²) in [5.74, 6) is -0.776. The van der Waals surface area contributed by atoms with E-state index < -0.39 is 91.7 Å². The van der Waals surface area contributed by atoms with Crippen LogP contribution in [0.25, 0.3) is 11.2 Å². The number of aliphatic hydroxyl groups is 3. The second-order valence-corrected chi connectivity index (χ2v) is 14.6. The Balaban J connectivity index is 0.00000541. The zero-order valence-electron chi connectivity index (χ0n) is 25.1. The van der Waals surface area contributed by atoms with Crippen molar-refractivity contribution in [3.8, 4) is 0 Å². The summed E-state index contributed by atoms with van der Waals surface area (Å²) in [5, 5.41) is 31.6. The number of nitrogens with zero attached hydrogens (tertiary/aromatic N) is 5. The van der Waals surface area contributed by atoms with Gasteiger partial charge < -0.3 is 60.7 Å². The molecule has 267 valence electrons. The van der Waals surface area contributed by atoms with Crippen molar-refractivity contribution in [1.82, 2.24) is 24.4 Å². The molecule has 2 saturated heterocycles. The number of nitrogen functional groups attached to an aromatic ring is 1. The number of allylic oxidation sites excluding steroid dienone is 1. The van der Waals surface area contributed by atoms with E-state index in [1.54, 1.807) is 0 Å². The molecule has 28 heteroatoms. The van der Waals surface area contributed by atoms with Crippen LogP contribution in [0.4, 0.5) is 5.82 Å². The Labute approximate surface area is 297 Å². The van der Waals surface area contributed by atoms with Crippen molar-refractivity contribution in [3.63, 3.8) is 0 Å². The van der Waals surface area contributed by atoms with Gasteiger partial charge in [0.05, 0.1) is 19.5 Å². The number of imidazole rings is 1. The van der Waals surface area contributed by atoms with Crippen molar-refractivity contribution < 1.29 is 80.7 Å². The molecular weight excluding hydrogens is 738 g/mol. The Kier molecular flexibility index (Phi) is 12.7. The summed E-state index contributed by atoms with van der Waals surface area (Å²) in [6.07, 6.45) is -6.47. The van der Waals surface area contributed by atoms with Crippen LogP contribution >= 0.6 is 23.5 Å². The van der Waals surface area contributed by atoms with Gasteiger partial charge in [0.25, 0.3) is 0 Å². The molecule has 1 amide bonds. The first-order valence-corrected chi connectivity index (χ1v) is 18.0. The van der Waals surface area contributed by atoms with Crippen molar-refractivity contribution in [2.45, 2.75) is 55.5 Å². The van der Waals surface area contributed by atoms with Crippen molar-refractivity contribution in [2.24, 2.45) is 5.73 Å². The first-order chi connectivity index (χ1) is 22.4. The van der Waals surface area contributed by atoms with Crippen LogP contribution < -0.4 is 11.5 Å². The summed E-state index contributed by atoms with van der Waals surface area (Å²) in [6, 6.07) is 0. The summed E-state index contributed by atoms with van der Waals surface area (Å²) in [6.45, 7) is -2.07. The third kappa shape index (κ3) is 9.39. The third-order valence-corrected chi connectivity index (χ3v) is 10.2. The molecule has 2 fully saturated rings. The van der Waals surface area contributed by atoms with Crippen LogP contribution in [-0.4, -0.2) is 151 Å². The van der Waals surface area contributed by atoms with E-state index in [4.69, 9.17) is 25.5 Å². The molecule has 24 nitrogen and oxygen atoms in total. The summed E-state index contributed by atoms with van der Waals surface area (Å²) in [7, 11) is -16.4. The molecule has 2 aromatic heterocycles. The smallest absolute Gasteiger partial charge is 0.387 e. The quantitative estimate of drug-likeness (QED) is 0.0726. The number of hydrogen-bond donors (Lipinski definition) is 9. The van der Waals surface area contributed by atoms with E-state index in [0.29, 0.717) is 0 Å². The zero-order chi connectivity index (χ0) is 35.2. The number of nitrogens with two attached hydrogens (primary N) is 2. The number of hydrogen-bond acceptors (Lipinski definition) is 18. The number of rotatable bonds is 13. The van der Waals surface area contributed by atoms with E-state index >= 15 is 0 Å². The Morgan fingerprint density at radius 2 is 1.57 bits per heavy atom. The second-order valence-electron chi connectivity index (χ2n) is 10.4. The van der Waals surface area contributed by atoms with Gasteiger partial charge in [-0.3, -0.25) is 22.9 Å². The first kappa shape index (κ1) is 40.0. The molecule has 5 heterocycles. The van der Waals surface area contributed by atoms with E-state index in [9.17, 15) is 53.4 Å². The first-order valence-electron chi connectivity index (χ1n) is 13.5. The van der Waals surface area contributed by atoms with Gasteiger partial charge in [0.2, 0.25) is 5.91 Å². The standard InChI is InChI=1S/C21H30N7O17P3.Na/c22-17-12-19(25-7-24-17)28(8-26-12)21-15(31)16(44-46(33,34)35)11(43-21)6-41-48(38,39)45-47(36,37)40-5-10-13(29)14(30)20(42-10)27-3-1-2-9(4-27)18(23)32;/h1,3-4,7-8,10-11,13-16,20-21,29-31H,2,5-6H2,(H2,23,32)(H,36,37)(H,38,39)(H2,22,24,25)(H2,33,34,35);. The third-order valence-electron chi connectivity index (χ3n) is 7.11. The largest absolute Gasteiger partial charge is 0.481 e. The predicted molar refractivity (Wildman–Crippen MR) is 159 cm³/mol. The normalized spacial score (nSPS) is 31.2. The molecule has 3 aliphatic rings. The molecule has 5 rings (SSSR count). The maximum atomic E-state index is 12.6. The minimum atomic E-state index is -5.56. The fourth-order valence-corrected chi connectivity index (χ4v) is 7.62. The maximum absolute atomic E-state index is 12.6. The fraction of sp³-hybridized carbons (Fsp3) is 0.524. The van der Waals surface area contributed by atoms with Crippen LogP contribution in [0.15, 0.2) is 36.7 Å². The predicted octanol–water partition coefficient (Wildman–Crippen LogP) is -2.95. The van der Waals surface area contributed by atoms with Gasteiger partial charge in [-0.15, -0.1) is 0 Å². The number of phosphoric ester groups is 3. The molecule has 10 atom stereocenters. The van der Waals surface area contributed by atoms with Gasteiger partial charge in [-0.2, -0.15) is 4.31 Å². The molecule has 49 heavy (non-hydrogen) atoms. The molecule has 10 unspecified atom stereocenters. The molecule has 0 aromatic carbocycles. The molecule has 3 aliphatic heterocycles. The summed E-state index contributed by atoms with van der Waals surface area (Å²) in [5.41, 5.74) is 11.3. The molecule has 0 bridgehead atoms. The fourth-order valence-electron chi connectivity index (χ4n) is 4.95. The molecular formula is C21H30N7NaO17P3. The van der Waals surface area contributed by atoms with E-state index in [0.717, 1.165) is 17.2 Å². The van der Waals surface area contributed by atoms with Gasteiger partial charge in [0.15, 0.2) is 23.9 Å². The number of aromatic nitrogens is 4. The zero-order valence-corrected chi connectivity index (χ0v) is 29.8. The van der Waals surface area contributed by atoms with Gasteiger partial charge in [-0.1, -0.05) is 6.08 Å². The van der Waals surface area contributed by atoms with E-state index in [1.807, 2.05) is 0 Å². The number of anilines is 1. The van der Waals surface area contributed by atoms with Crippen LogP contribution in [0, 0.1) is 0 Å². The summed E-state index contributed by atoms with van der Waals surface area (Å²) in [4.78, 5) is 63.4. The number of fused-ring (bicyclic) bond motifs is 1. The number of carbonyl (C=O) groups is 1. The number of ether oxygens (including phenoxy) is 2. The number of amides is 1. The van der Waals surface area contributed by atoms with Gasteiger partial charge in [0, 0.05) is 47.5 Å². The average Bonchev–Trinajstić information content (AvgIpc) is 3.64. The van der Waals surface area contributed by atoms with Crippen molar-refractivity contribution >= 4 is 75.9 Å². The molecule has 0 spiro atoms. The SMILES string of the molecule is NC(=O)C1=CN(C2OC(COP(=O)(O)OP(=O)(O)OCC3OC(n4cnc5c(N)ncnc54)C(O)C3OP(=O)(O)O)C(O)C2O)C=CC1.[Na]. The van der Waals surface area contributed by atoms with Crippen LogP contribution in [0.1, 0.15) is 12.6 Å².